The van der Waals surface area contributed by atoms with Crippen molar-refractivity contribution in [3.63, 3.8) is 0 Å². The van der Waals surface area contributed by atoms with Crippen LogP contribution in [0, 0.1) is 5.41 Å². The first-order valence-corrected chi connectivity index (χ1v) is 6.78. The van der Waals surface area contributed by atoms with Gasteiger partial charge in [-0.3, -0.25) is 4.79 Å². The lowest BCUT2D eigenvalue weighted by Crippen LogP contribution is -2.51. The van der Waals surface area contributed by atoms with Gasteiger partial charge in [-0.1, -0.05) is 20.3 Å². The number of hydrogen-bond acceptors (Lipinski definition) is 3. The number of amides is 3. The monoisotopic (exact) mass is 285 g/mol. The Bertz CT molecular complexity index is 395. The predicted octanol–water partition coefficient (Wildman–Crippen LogP) is 0.583. The zero-order chi connectivity index (χ0) is 15.3. The Kier molecular flexibility index (Phi) is 5.35. The zero-order valence-electron chi connectivity index (χ0n) is 11.9. The first-order chi connectivity index (χ1) is 9.19. The summed E-state index contributed by atoms with van der Waals surface area (Å²) >= 11 is 0. The van der Waals surface area contributed by atoms with Crippen LogP contribution in [0.3, 0.4) is 0 Å². The summed E-state index contributed by atoms with van der Waals surface area (Å²) in [6.07, 6.45) is 3.46. The van der Waals surface area contributed by atoms with Gasteiger partial charge in [-0.15, -0.1) is 0 Å². The topological polar surface area (TPSA) is 122 Å². The molecule has 7 heteroatoms. The van der Waals surface area contributed by atoms with Crippen molar-refractivity contribution in [3.8, 4) is 0 Å². The van der Waals surface area contributed by atoms with E-state index in [2.05, 4.69) is 24.5 Å². The SMILES string of the molecule is CC1(C)CCCC(NC(=O)NC(CC(N)=O)C(=O)O)C1. The lowest BCUT2D eigenvalue weighted by molar-refractivity contribution is -0.140. The minimum atomic E-state index is -1.29. The van der Waals surface area contributed by atoms with Gasteiger partial charge in [0.05, 0.1) is 6.42 Å². The number of nitrogens with two attached hydrogens (primary N) is 1. The van der Waals surface area contributed by atoms with Crippen LogP contribution >= 0.6 is 0 Å². The van der Waals surface area contributed by atoms with Gasteiger partial charge in [-0.05, 0) is 24.7 Å². The van der Waals surface area contributed by atoms with Crippen LogP contribution < -0.4 is 16.4 Å². The Balaban J connectivity index is 2.49. The predicted molar refractivity (Wildman–Crippen MR) is 72.9 cm³/mol. The van der Waals surface area contributed by atoms with E-state index in [1.54, 1.807) is 0 Å². The molecule has 1 aliphatic rings. The summed E-state index contributed by atoms with van der Waals surface area (Å²) in [5, 5.41) is 13.9. The van der Waals surface area contributed by atoms with Gasteiger partial charge >= 0.3 is 12.0 Å². The van der Waals surface area contributed by atoms with E-state index in [-0.39, 0.29) is 11.5 Å². The van der Waals surface area contributed by atoms with E-state index in [1.165, 1.54) is 0 Å². The third kappa shape index (κ3) is 5.46. The van der Waals surface area contributed by atoms with Gasteiger partial charge in [0.2, 0.25) is 5.91 Å². The number of urea groups is 1. The fourth-order valence-electron chi connectivity index (χ4n) is 2.61. The van der Waals surface area contributed by atoms with Crippen molar-refractivity contribution in [2.45, 2.75) is 58.0 Å². The maximum absolute atomic E-state index is 11.8. The fourth-order valence-corrected chi connectivity index (χ4v) is 2.61. The molecule has 0 bridgehead atoms. The third-order valence-electron chi connectivity index (χ3n) is 3.55. The Morgan fingerprint density at radius 3 is 2.55 bits per heavy atom. The van der Waals surface area contributed by atoms with Gasteiger partial charge in [0.15, 0.2) is 0 Å². The molecule has 1 rings (SSSR count). The maximum Gasteiger partial charge on any atom is 0.326 e. The molecule has 3 amide bonds. The summed E-state index contributed by atoms with van der Waals surface area (Å²) < 4.78 is 0. The molecular weight excluding hydrogens is 262 g/mol. The second kappa shape index (κ2) is 6.58. The molecule has 0 aromatic heterocycles. The molecule has 20 heavy (non-hydrogen) atoms. The van der Waals surface area contributed by atoms with Gasteiger partial charge in [0.1, 0.15) is 6.04 Å². The third-order valence-corrected chi connectivity index (χ3v) is 3.55. The van der Waals surface area contributed by atoms with E-state index >= 15 is 0 Å². The molecule has 5 N–H and O–H groups in total. The quantitative estimate of drug-likeness (QED) is 0.590. The largest absolute Gasteiger partial charge is 0.480 e. The summed E-state index contributed by atoms with van der Waals surface area (Å²) in [6, 6.07) is -1.83. The van der Waals surface area contributed by atoms with Crippen LogP contribution in [0.2, 0.25) is 0 Å². The lowest BCUT2D eigenvalue weighted by Gasteiger charge is -2.35. The molecule has 0 aromatic rings. The van der Waals surface area contributed by atoms with Crippen LogP contribution in [0.25, 0.3) is 0 Å². The van der Waals surface area contributed by atoms with Crippen molar-refractivity contribution in [2.24, 2.45) is 11.1 Å². The van der Waals surface area contributed by atoms with E-state index in [4.69, 9.17) is 10.8 Å². The zero-order valence-corrected chi connectivity index (χ0v) is 11.9. The van der Waals surface area contributed by atoms with Crippen molar-refractivity contribution in [3.05, 3.63) is 0 Å². The van der Waals surface area contributed by atoms with E-state index in [0.717, 1.165) is 25.7 Å². The van der Waals surface area contributed by atoms with Gasteiger partial charge in [0.25, 0.3) is 0 Å². The van der Waals surface area contributed by atoms with Gasteiger partial charge < -0.3 is 21.5 Å². The second-order valence-electron chi connectivity index (χ2n) is 6.14. The number of carboxylic acid groups (broad SMARTS) is 1. The number of carbonyl (C=O) groups is 3. The van der Waals surface area contributed by atoms with Crippen molar-refractivity contribution in [1.29, 1.82) is 0 Å². The van der Waals surface area contributed by atoms with Crippen LogP contribution in [0.1, 0.15) is 46.0 Å². The molecule has 1 saturated carbocycles. The average Bonchev–Trinajstić information content (AvgIpc) is 2.25. The standard InChI is InChI=1S/C13H23N3O4/c1-13(2)5-3-4-8(7-13)15-12(20)16-9(11(18)19)6-10(14)17/h8-9H,3-7H2,1-2H3,(H2,14,17)(H,18,19)(H2,15,16,20). The van der Waals surface area contributed by atoms with Crippen molar-refractivity contribution < 1.29 is 19.5 Å². The Hall–Kier alpha value is -1.79. The molecule has 1 aliphatic carbocycles. The summed E-state index contributed by atoms with van der Waals surface area (Å²) in [6.45, 7) is 4.29. The number of carboxylic acids is 1. The highest BCUT2D eigenvalue weighted by atomic mass is 16.4. The van der Waals surface area contributed by atoms with Crippen LogP contribution in [-0.4, -0.2) is 35.1 Å². The van der Waals surface area contributed by atoms with E-state index in [1.807, 2.05) is 0 Å². The Morgan fingerprint density at radius 1 is 1.40 bits per heavy atom. The molecule has 0 radical (unpaired) electrons. The highest BCUT2D eigenvalue weighted by molar-refractivity contribution is 5.87. The van der Waals surface area contributed by atoms with Gasteiger partial charge in [-0.25, -0.2) is 9.59 Å². The molecular formula is C13H23N3O4. The Labute approximate surface area is 118 Å². The van der Waals surface area contributed by atoms with Crippen LogP contribution in [0.5, 0.6) is 0 Å². The van der Waals surface area contributed by atoms with Crippen LogP contribution in [-0.2, 0) is 9.59 Å². The highest BCUT2D eigenvalue weighted by Crippen LogP contribution is 2.34. The number of rotatable bonds is 5. The number of carbonyl (C=O) groups excluding carboxylic acids is 2. The van der Waals surface area contributed by atoms with Crippen LogP contribution in [0.15, 0.2) is 0 Å². The summed E-state index contributed by atoms with van der Waals surface area (Å²) in [4.78, 5) is 33.5. The smallest absolute Gasteiger partial charge is 0.326 e. The molecule has 0 spiro atoms. The Morgan fingerprint density at radius 2 is 2.05 bits per heavy atom. The van der Waals surface area contributed by atoms with Gasteiger partial charge in [-0.2, -0.15) is 0 Å². The summed E-state index contributed by atoms with van der Waals surface area (Å²) in [7, 11) is 0. The van der Waals surface area contributed by atoms with Crippen molar-refractivity contribution in [1.82, 2.24) is 10.6 Å². The van der Waals surface area contributed by atoms with E-state index < -0.39 is 30.4 Å². The van der Waals surface area contributed by atoms with E-state index in [0.29, 0.717) is 0 Å². The van der Waals surface area contributed by atoms with Gasteiger partial charge in [0, 0.05) is 6.04 Å². The molecule has 7 nitrogen and oxygen atoms in total. The van der Waals surface area contributed by atoms with Crippen molar-refractivity contribution >= 4 is 17.9 Å². The number of nitrogens with one attached hydrogen (secondary N) is 2. The maximum atomic E-state index is 11.8. The minimum Gasteiger partial charge on any atom is -0.480 e. The minimum absolute atomic E-state index is 0.0294. The highest BCUT2D eigenvalue weighted by Gasteiger charge is 2.30. The molecule has 114 valence electrons. The molecule has 0 saturated heterocycles. The number of aliphatic carboxylic acids is 1. The first kappa shape index (κ1) is 16.3. The molecule has 2 unspecified atom stereocenters. The summed E-state index contributed by atoms with van der Waals surface area (Å²) in [5.41, 5.74) is 5.13. The van der Waals surface area contributed by atoms with E-state index in [9.17, 15) is 14.4 Å². The summed E-state index contributed by atoms with van der Waals surface area (Å²) in [5.74, 6) is -2.04. The normalized spacial score (nSPS) is 22.6. The molecule has 0 aromatic carbocycles. The molecule has 0 aliphatic heterocycles. The van der Waals surface area contributed by atoms with Crippen LogP contribution in [0.4, 0.5) is 4.79 Å². The van der Waals surface area contributed by atoms with Crippen molar-refractivity contribution in [2.75, 3.05) is 0 Å². The number of primary amides is 1. The molecule has 1 fully saturated rings. The number of hydrogen-bond donors (Lipinski definition) is 4. The lowest BCUT2D eigenvalue weighted by atomic mass is 9.75. The molecule has 2 atom stereocenters. The first-order valence-electron chi connectivity index (χ1n) is 6.78. The molecule has 0 heterocycles. The fraction of sp³-hybridized carbons (Fsp3) is 0.769. The second-order valence-corrected chi connectivity index (χ2v) is 6.14. The average molecular weight is 285 g/mol.